The Morgan fingerprint density at radius 3 is 3.00 bits per heavy atom. The Hall–Kier alpha value is -1.46. The van der Waals surface area contributed by atoms with E-state index >= 15 is 0 Å². The number of amides is 1. The van der Waals surface area contributed by atoms with Crippen LogP contribution >= 0.6 is 0 Å². The van der Waals surface area contributed by atoms with Crippen molar-refractivity contribution in [3.8, 4) is 0 Å². The van der Waals surface area contributed by atoms with Crippen LogP contribution in [0, 0.1) is 18.7 Å². The number of ether oxygens (including phenoxy) is 1. The van der Waals surface area contributed by atoms with Crippen LogP contribution in [-0.4, -0.2) is 31.7 Å². The summed E-state index contributed by atoms with van der Waals surface area (Å²) in [5.41, 5.74) is 1.14. The fraction of sp³-hybridized carbons (Fsp3) is 0.533. The summed E-state index contributed by atoms with van der Waals surface area (Å²) in [5, 5.41) is 5.96. The van der Waals surface area contributed by atoms with E-state index in [1.807, 2.05) is 6.92 Å². The molecule has 110 valence electrons. The van der Waals surface area contributed by atoms with Gasteiger partial charge in [-0.3, -0.25) is 4.79 Å². The summed E-state index contributed by atoms with van der Waals surface area (Å²) >= 11 is 0. The summed E-state index contributed by atoms with van der Waals surface area (Å²) in [6.45, 7) is 5.67. The van der Waals surface area contributed by atoms with Gasteiger partial charge >= 0.3 is 0 Å². The Labute approximate surface area is 118 Å². The van der Waals surface area contributed by atoms with Gasteiger partial charge in [-0.2, -0.15) is 0 Å². The molecule has 2 N–H and O–H groups in total. The molecule has 2 rings (SSSR count). The van der Waals surface area contributed by atoms with E-state index in [2.05, 4.69) is 17.6 Å². The van der Waals surface area contributed by atoms with Crippen molar-refractivity contribution in [2.45, 2.75) is 26.3 Å². The lowest BCUT2D eigenvalue weighted by molar-refractivity contribution is -0.120. The van der Waals surface area contributed by atoms with E-state index in [4.69, 9.17) is 4.74 Å². The van der Waals surface area contributed by atoms with E-state index < -0.39 is 5.82 Å². The molecule has 5 heteroatoms. The second kappa shape index (κ2) is 6.81. The number of benzene rings is 1. The van der Waals surface area contributed by atoms with Crippen molar-refractivity contribution in [1.82, 2.24) is 5.32 Å². The minimum Gasteiger partial charge on any atom is -0.379 e. The molecule has 0 aliphatic carbocycles. The average molecular weight is 280 g/mol. The fourth-order valence-electron chi connectivity index (χ4n) is 2.30. The summed E-state index contributed by atoms with van der Waals surface area (Å²) in [6, 6.07) is 4.68. The van der Waals surface area contributed by atoms with Crippen molar-refractivity contribution in [1.29, 1.82) is 0 Å². The van der Waals surface area contributed by atoms with Gasteiger partial charge in [-0.25, -0.2) is 4.39 Å². The lowest BCUT2D eigenvalue weighted by Gasteiger charge is -2.18. The number of rotatable bonds is 5. The molecule has 1 saturated heterocycles. The van der Waals surface area contributed by atoms with Gasteiger partial charge in [0, 0.05) is 6.04 Å². The smallest absolute Gasteiger partial charge is 0.231 e. The quantitative estimate of drug-likeness (QED) is 0.868. The monoisotopic (exact) mass is 280 g/mol. The van der Waals surface area contributed by atoms with Crippen LogP contribution < -0.4 is 10.6 Å². The maximum absolute atomic E-state index is 13.7. The van der Waals surface area contributed by atoms with Crippen LogP contribution in [0.25, 0.3) is 0 Å². The highest BCUT2D eigenvalue weighted by Crippen LogP contribution is 2.20. The number of hydrogen-bond donors (Lipinski definition) is 2. The summed E-state index contributed by atoms with van der Waals surface area (Å²) in [7, 11) is 0. The maximum atomic E-state index is 13.7. The molecule has 2 unspecified atom stereocenters. The Kier molecular flexibility index (Phi) is 5.09. The van der Waals surface area contributed by atoms with Gasteiger partial charge in [-0.1, -0.05) is 13.0 Å². The lowest BCUT2D eigenvalue weighted by atomic mass is 10.0. The van der Waals surface area contributed by atoms with Crippen LogP contribution in [0.5, 0.6) is 0 Å². The Bertz CT molecular complexity index is 479. The van der Waals surface area contributed by atoms with Crippen molar-refractivity contribution in [2.75, 3.05) is 25.1 Å². The van der Waals surface area contributed by atoms with Crippen LogP contribution in [0.4, 0.5) is 10.1 Å². The number of carbonyl (C=O) groups excluding carboxylic acids is 1. The highest BCUT2D eigenvalue weighted by molar-refractivity contribution is 5.93. The van der Waals surface area contributed by atoms with Crippen LogP contribution in [0.15, 0.2) is 18.2 Å². The summed E-state index contributed by atoms with van der Waals surface area (Å²) < 4.78 is 19.0. The molecule has 4 nitrogen and oxygen atoms in total. The lowest BCUT2D eigenvalue weighted by Crippen LogP contribution is -2.41. The highest BCUT2D eigenvalue weighted by Gasteiger charge is 2.33. The molecular weight excluding hydrogens is 259 g/mol. The normalized spacial score (nSPS) is 21.9. The zero-order valence-corrected chi connectivity index (χ0v) is 11.9. The molecule has 1 aliphatic rings. The van der Waals surface area contributed by atoms with Crippen LogP contribution in [0.3, 0.4) is 0 Å². The largest absolute Gasteiger partial charge is 0.379 e. The molecule has 0 bridgehead atoms. The molecular formula is C15H21FN2O2. The Morgan fingerprint density at radius 2 is 2.25 bits per heavy atom. The van der Waals surface area contributed by atoms with Crippen LogP contribution in [0.2, 0.25) is 0 Å². The van der Waals surface area contributed by atoms with E-state index in [1.165, 1.54) is 6.07 Å². The third kappa shape index (κ3) is 3.55. The van der Waals surface area contributed by atoms with E-state index in [0.29, 0.717) is 13.2 Å². The first-order valence-corrected chi connectivity index (χ1v) is 7.00. The highest BCUT2D eigenvalue weighted by atomic mass is 19.1. The van der Waals surface area contributed by atoms with E-state index in [0.717, 1.165) is 18.5 Å². The van der Waals surface area contributed by atoms with Crippen molar-refractivity contribution >= 4 is 11.6 Å². The van der Waals surface area contributed by atoms with Crippen molar-refractivity contribution < 1.29 is 13.9 Å². The van der Waals surface area contributed by atoms with Gasteiger partial charge in [0.05, 0.1) is 24.8 Å². The van der Waals surface area contributed by atoms with Gasteiger partial charge in [0.15, 0.2) is 0 Å². The predicted molar refractivity (Wildman–Crippen MR) is 76.2 cm³/mol. The van der Waals surface area contributed by atoms with E-state index in [-0.39, 0.29) is 23.6 Å². The van der Waals surface area contributed by atoms with Crippen molar-refractivity contribution in [3.63, 3.8) is 0 Å². The van der Waals surface area contributed by atoms with Crippen molar-refractivity contribution in [2.24, 2.45) is 5.92 Å². The molecule has 1 fully saturated rings. The number of hydrogen-bond acceptors (Lipinski definition) is 3. The zero-order valence-electron chi connectivity index (χ0n) is 11.9. The zero-order chi connectivity index (χ0) is 14.5. The number of halogens is 1. The van der Waals surface area contributed by atoms with Gasteiger partial charge < -0.3 is 15.4 Å². The Morgan fingerprint density at radius 1 is 1.45 bits per heavy atom. The topological polar surface area (TPSA) is 50.4 Å². The number of anilines is 1. The molecule has 1 aromatic carbocycles. The standard InChI is InChI=1S/C15H21FN2O2/c1-3-6-17-14-9-20-8-11(14)15(19)18-13-7-10(2)4-5-12(13)16/h4-5,7,11,14,17H,3,6,8-9H2,1-2H3,(H,18,19). The van der Waals surface area contributed by atoms with Gasteiger partial charge in [0.25, 0.3) is 0 Å². The first kappa shape index (κ1) is 14.9. The third-order valence-electron chi connectivity index (χ3n) is 3.45. The van der Waals surface area contributed by atoms with Crippen LogP contribution in [0.1, 0.15) is 18.9 Å². The molecule has 1 heterocycles. The second-order valence-electron chi connectivity index (χ2n) is 5.18. The maximum Gasteiger partial charge on any atom is 0.231 e. The molecule has 0 radical (unpaired) electrons. The summed E-state index contributed by atoms with van der Waals surface area (Å²) in [6.07, 6.45) is 0.997. The fourth-order valence-corrected chi connectivity index (χ4v) is 2.30. The van der Waals surface area contributed by atoms with Crippen molar-refractivity contribution in [3.05, 3.63) is 29.6 Å². The van der Waals surface area contributed by atoms with Crippen LogP contribution in [-0.2, 0) is 9.53 Å². The van der Waals surface area contributed by atoms with E-state index in [1.54, 1.807) is 12.1 Å². The van der Waals surface area contributed by atoms with Gasteiger partial charge in [0.2, 0.25) is 5.91 Å². The minimum atomic E-state index is -0.416. The molecule has 1 aromatic rings. The summed E-state index contributed by atoms with van der Waals surface area (Å²) in [4.78, 5) is 12.3. The first-order chi connectivity index (χ1) is 9.61. The molecule has 0 saturated carbocycles. The number of carbonyl (C=O) groups is 1. The molecule has 2 atom stereocenters. The summed E-state index contributed by atoms with van der Waals surface area (Å²) in [5.74, 6) is -0.886. The molecule has 0 aromatic heterocycles. The van der Waals surface area contributed by atoms with Gasteiger partial charge in [0.1, 0.15) is 5.82 Å². The minimum absolute atomic E-state index is 0.00261. The number of nitrogens with one attached hydrogen (secondary N) is 2. The average Bonchev–Trinajstić information content (AvgIpc) is 2.89. The second-order valence-corrected chi connectivity index (χ2v) is 5.18. The Balaban J connectivity index is 2.01. The first-order valence-electron chi connectivity index (χ1n) is 7.00. The third-order valence-corrected chi connectivity index (χ3v) is 3.45. The predicted octanol–water partition coefficient (Wildman–Crippen LogP) is 2.09. The van der Waals surface area contributed by atoms with Gasteiger partial charge in [-0.05, 0) is 37.6 Å². The van der Waals surface area contributed by atoms with E-state index in [9.17, 15) is 9.18 Å². The number of aryl methyl sites for hydroxylation is 1. The molecule has 1 aliphatic heterocycles. The van der Waals surface area contributed by atoms with Gasteiger partial charge in [-0.15, -0.1) is 0 Å². The molecule has 0 spiro atoms. The molecule has 20 heavy (non-hydrogen) atoms. The molecule has 1 amide bonds. The SMILES string of the molecule is CCCNC1COCC1C(=O)Nc1cc(C)ccc1F.